The molecule has 0 unspecified atom stereocenters. The van der Waals surface area contributed by atoms with Crippen LogP contribution in [0.1, 0.15) is 46.1 Å². The number of hydrogen-bond donors (Lipinski definition) is 1. The summed E-state index contributed by atoms with van der Waals surface area (Å²) in [6.07, 6.45) is 4.40. The van der Waals surface area contributed by atoms with E-state index in [0.29, 0.717) is 24.7 Å². The van der Waals surface area contributed by atoms with Crippen molar-refractivity contribution < 1.29 is 4.74 Å². The van der Waals surface area contributed by atoms with Gasteiger partial charge >= 0.3 is 0 Å². The van der Waals surface area contributed by atoms with E-state index in [4.69, 9.17) is 4.74 Å². The lowest BCUT2D eigenvalue weighted by Crippen LogP contribution is -2.39. The molecule has 0 spiro atoms. The Balaban J connectivity index is 1.84. The first kappa shape index (κ1) is 16.2. The molecule has 1 heterocycles. The lowest BCUT2D eigenvalue weighted by molar-refractivity contribution is 0.139. The van der Waals surface area contributed by atoms with Gasteiger partial charge in [0.05, 0.1) is 0 Å². The minimum atomic E-state index is 0.535. The molecule has 1 aromatic heterocycles. The average Bonchev–Trinajstić information content (AvgIpc) is 3.25. The molecule has 0 atom stereocenters. The standard InChI is InChI=1S/C17H29N3O/c1-13(2)20(14(3)4)10-11-21-17-15(6-5-9-18-17)12-19-16-7-8-16/h5-6,9,13-14,16,19H,7-8,10-12H2,1-4H3. The predicted molar refractivity (Wildman–Crippen MR) is 86.6 cm³/mol. The maximum atomic E-state index is 5.93. The maximum absolute atomic E-state index is 5.93. The van der Waals surface area contributed by atoms with Crippen LogP contribution in [0, 0.1) is 0 Å². The van der Waals surface area contributed by atoms with E-state index in [2.05, 4.69) is 49.0 Å². The van der Waals surface area contributed by atoms with Gasteiger partial charge in [-0.2, -0.15) is 0 Å². The second-order valence-electron chi connectivity index (χ2n) is 6.40. The van der Waals surface area contributed by atoms with Crippen molar-refractivity contribution in [2.75, 3.05) is 13.2 Å². The van der Waals surface area contributed by atoms with E-state index in [9.17, 15) is 0 Å². The molecule has 0 radical (unpaired) electrons. The molecular formula is C17H29N3O. The maximum Gasteiger partial charge on any atom is 0.217 e. The highest BCUT2D eigenvalue weighted by molar-refractivity contribution is 5.25. The Morgan fingerprint density at radius 3 is 2.62 bits per heavy atom. The summed E-state index contributed by atoms with van der Waals surface area (Å²) in [5.74, 6) is 0.776. The average molecular weight is 291 g/mol. The van der Waals surface area contributed by atoms with Crippen LogP contribution in [0.5, 0.6) is 5.88 Å². The third-order valence-electron chi connectivity index (χ3n) is 3.92. The summed E-state index contributed by atoms with van der Waals surface area (Å²) in [4.78, 5) is 6.82. The SMILES string of the molecule is CC(C)N(CCOc1ncccc1CNC1CC1)C(C)C. The lowest BCUT2D eigenvalue weighted by atomic mass is 10.2. The second-order valence-corrected chi connectivity index (χ2v) is 6.40. The lowest BCUT2D eigenvalue weighted by Gasteiger charge is -2.30. The summed E-state index contributed by atoms with van der Waals surface area (Å²) in [6, 6.07) is 5.85. The van der Waals surface area contributed by atoms with Crippen LogP contribution in [0.15, 0.2) is 18.3 Å². The van der Waals surface area contributed by atoms with Gasteiger partial charge in [-0.3, -0.25) is 4.90 Å². The third kappa shape index (κ3) is 5.29. The van der Waals surface area contributed by atoms with Gasteiger partial charge in [-0.1, -0.05) is 6.07 Å². The first-order chi connectivity index (χ1) is 10.1. The zero-order valence-corrected chi connectivity index (χ0v) is 13.8. The molecule has 2 rings (SSSR count). The monoisotopic (exact) mass is 291 g/mol. The van der Waals surface area contributed by atoms with Crippen LogP contribution in [0.25, 0.3) is 0 Å². The Labute approximate surface area is 128 Å². The summed E-state index contributed by atoms with van der Waals surface area (Å²) in [7, 11) is 0. The molecule has 0 amide bonds. The molecule has 1 aliphatic rings. The van der Waals surface area contributed by atoms with Crippen molar-refractivity contribution in [2.24, 2.45) is 0 Å². The van der Waals surface area contributed by atoms with Crippen molar-refractivity contribution in [3.63, 3.8) is 0 Å². The molecule has 1 fully saturated rings. The molecule has 21 heavy (non-hydrogen) atoms. The van der Waals surface area contributed by atoms with Gasteiger partial charge in [0.25, 0.3) is 0 Å². The van der Waals surface area contributed by atoms with Crippen LogP contribution in [-0.4, -0.2) is 41.2 Å². The number of aromatic nitrogens is 1. The van der Waals surface area contributed by atoms with Crippen LogP contribution in [0.4, 0.5) is 0 Å². The number of ether oxygens (including phenoxy) is 1. The van der Waals surface area contributed by atoms with Gasteiger partial charge in [-0.05, 0) is 46.6 Å². The van der Waals surface area contributed by atoms with Crippen molar-refractivity contribution in [1.29, 1.82) is 0 Å². The molecule has 4 nitrogen and oxygen atoms in total. The summed E-state index contributed by atoms with van der Waals surface area (Å²) in [6.45, 7) is 11.4. The molecule has 0 aliphatic heterocycles. The van der Waals surface area contributed by atoms with Gasteiger partial charge in [0.1, 0.15) is 6.61 Å². The molecule has 1 aliphatic carbocycles. The van der Waals surface area contributed by atoms with Crippen LogP contribution >= 0.6 is 0 Å². The fraction of sp³-hybridized carbons (Fsp3) is 0.706. The third-order valence-corrected chi connectivity index (χ3v) is 3.92. The number of nitrogens with one attached hydrogen (secondary N) is 1. The van der Waals surface area contributed by atoms with Crippen LogP contribution in [0.3, 0.4) is 0 Å². The smallest absolute Gasteiger partial charge is 0.217 e. The fourth-order valence-electron chi connectivity index (χ4n) is 2.59. The van der Waals surface area contributed by atoms with Gasteiger partial charge < -0.3 is 10.1 Å². The molecule has 1 saturated carbocycles. The normalized spacial score (nSPS) is 15.2. The van der Waals surface area contributed by atoms with E-state index >= 15 is 0 Å². The van der Waals surface area contributed by atoms with E-state index in [1.807, 2.05) is 6.07 Å². The van der Waals surface area contributed by atoms with Gasteiger partial charge in [0.15, 0.2) is 0 Å². The number of pyridine rings is 1. The second kappa shape index (κ2) is 7.76. The Kier molecular flexibility index (Phi) is 6.00. The van der Waals surface area contributed by atoms with Gasteiger partial charge in [-0.15, -0.1) is 0 Å². The minimum Gasteiger partial charge on any atom is -0.476 e. The van der Waals surface area contributed by atoms with E-state index in [1.54, 1.807) is 6.20 Å². The van der Waals surface area contributed by atoms with Crippen LogP contribution in [0.2, 0.25) is 0 Å². The van der Waals surface area contributed by atoms with Crippen molar-refractivity contribution in [1.82, 2.24) is 15.2 Å². The molecule has 1 aromatic rings. The number of hydrogen-bond acceptors (Lipinski definition) is 4. The summed E-state index contributed by atoms with van der Waals surface area (Å²) >= 11 is 0. The van der Waals surface area contributed by atoms with Crippen LogP contribution in [-0.2, 0) is 6.54 Å². The first-order valence-corrected chi connectivity index (χ1v) is 8.13. The van der Waals surface area contributed by atoms with Gasteiger partial charge in [0, 0.05) is 43.0 Å². The zero-order chi connectivity index (χ0) is 15.2. The van der Waals surface area contributed by atoms with Crippen molar-refractivity contribution >= 4 is 0 Å². The largest absolute Gasteiger partial charge is 0.476 e. The van der Waals surface area contributed by atoms with Crippen molar-refractivity contribution in [3.05, 3.63) is 23.9 Å². The highest BCUT2D eigenvalue weighted by Gasteiger charge is 2.21. The Morgan fingerprint density at radius 2 is 2.00 bits per heavy atom. The highest BCUT2D eigenvalue weighted by atomic mass is 16.5. The fourth-order valence-corrected chi connectivity index (χ4v) is 2.59. The summed E-state index contributed by atoms with van der Waals surface area (Å²) in [5, 5.41) is 3.52. The van der Waals surface area contributed by atoms with Gasteiger partial charge in [-0.25, -0.2) is 4.98 Å². The first-order valence-electron chi connectivity index (χ1n) is 8.13. The Bertz CT molecular complexity index is 422. The van der Waals surface area contributed by atoms with E-state index in [0.717, 1.165) is 24.5 Å². The summed E-state index contributed by atoms with van der Waals surface area (Å²) in [5.41, 5.74) is 1.16. The molecular weight excluding hydrogens is 262 g/mol. The number of rotatable bonds is 9. The molecule has 0 saturated heterocycles. The Hall–Kier alpha value is -1.13. The quantitative estimate of drug-likeness (QED) is 0.759. The van der Waals surface area contributed by atoms with Crippen molar-refractivity contribution in [3.8, 4) is 5.88 Å². The molecule has 0 aromatic carbocycles. The summed E-state index contributed by atoms with van der Waals surface area (Å²) < 4.78 is 5.93. The van der Waals surface area contributed by atoms with Crippen LogP contribution < -0.4 is 10.1 Å². The van der Waals surface area contributed by atoms with Gasteiger partial charge in [0.2, 0.25) is 5.88 Å². The van der Waals surface area contributed by atoms with E-state index in [1.165, 1.54) is 12.8 Å². The highest BCUT2D eigenvalue weighted by Crippen LogP contribution is 2.21. The predicted octanol–water partition coefficient (Wildman–Crippen LogP) is 2.83. The molecule has 0 bridgehead atoms. The van der Waals surface area contributed by atoms with E-state index in [-0.39, 0.29) is 0 Å². The zero-order valence-electron chi connectivity index (χ0n) is 13.8. The Morgan fingerprint density at radius 1 is 1.29 bits per heavy atom. The molecule has 118 valence electrons. The molecule has 1 N–H and O–H groups in total. The molecule has 4 heteroatoms. The number of nitrogens with zero attached hydrogens (tertiary/aromatic N) is 2. The minimum absolute atomic E-state index is 0.535. The topological polar surface area (TPSA) is 37.4 Å². The van der Waals surface area contributed by atoms with Crippen molar-refractivity contribution in [2.45, 2.75) is 65.2 Å². The van der Waals surface area contributed by atoms with E-state index < -0.39 is 0 Å².